The van der Waals surface area contributed by atoms with E-state index in [0.29, 0.717) is 37.5 Å². The van der Waals surface area contributed by atoms with Crippen LogP contribution >= 0.6 is 11.6 Å². The van der Waals surface area contributed by atoms with Crippen molar-refractivity contribution in [3.63, 3.8) is 0 Å². The molecule has 1 fully saturated rings. The molecule has 18 heavy (non-hydrogen) atoms. The topological polar surface area (TPSA) is 49.4 Å². The number of nitrogens with zero attached hydrogens (tertiary/aromatic N) is 1. The Bertz CT molecular complexity index is 445. The maximum Gasteiger partial charge on any atom is 0.227 e. The SMILES string of the molecule is O=C1CCN(C(=O)Cc2ccc(Cl)cc2)CCN1. The fourth-order valence-electron chi connectivity index (χ4n) is 1.91. The van der Waals surface area contributed by atoms with Crippen molar-refractivity contribution < 1.29 is 9.59 Å². The zero-order chi connectivity index (χ0) is 13.0. The van der Waals surface area contributed by atoms with Crippen LogP contribution < -0.4 is 5.32 Å². The van der Waals surface area contributed by atoms with Gasteiger partial charge < -0.3 is 10.2 Å². The standard InChI is InChI=1S/C13H15ClN2O2/c14-11-3-1-10(2-4-11)9-13(18)16-7-5-12(17)15-6-8-16/h1-4H,5-9H2,(H,15,17). The summed E-state index contributed by atoms with van der Waals surface area (Å²) < 4.78 is 0. The van der Waals surface area contributed by atoms with Crippen molar-refractivity contribution >= 4 is 23.4 Å². The van der Waals surface area contributed by atoms with Gasteiger partial charge in [0, 0.05) is 31.1 Å². The molecule has 1 heterocycles. The molecule has 96 valence electrons. The monoisotopic (exact) mass is 266 g/mol. The van der Waals surface area contributed by atoms with Gasteiger partial charge in [-0.15, -0.1) is 0 Å². The number of hydrogen-bond donors (Lipinski definition) is 1. The van der Waals surface area contributed by atoms with Crippen LogP contribution in [0.2, 0.25) is 5.02 Å². The van der Waals surface area contributed by atoms with Crippen LogP contribution in [0.3, 0.4) is 0 Å². The molecule has 1 aromatic rings. The Labute approximate surface area is 111 Å². The van der Waals surface area contributed by atoms with E-state index in [0.717, 1.165) is 5.56 Å². The maximum absolute atomic E-state index is 12.1. The average Bonchev–Trinajstić information content (AvgIpc) is 2.57. The molecular formula is C13H15ClN2O2. The van der Waals surface area contributed by atoms with E-state index < -0.39 is 0 Å². The minimum absolute atomic E-state index is 0.0109. The maximum atomic E-state index is 12.1. The Morgan fingerprint density at radius 1 is 1.28 bits per heavy atom. The highest BCUT2D eigenvalue weighted by molar-refractivity contribution is 6.30. The number of rotatable bonds is 2. The molecule has 2 rings (SSSR count). The predicted octanol–water partition coefficient (Wildman–Crippen LogP) is 1.23. The van der Waals surface area contributed by atoms with Crippen LogP contribution in [0.15, 0.2) is 24.3 Å². The van der Waals surface area contributed by atoms with Gasteiger partial charge in [-0.1, -0.05) is 23.7 Å². The van der Waals surface area contributed by atoms with Gasteiger partial charge in [-0.25, -0.2) is 0 Å². The number of amides is 2. The van der Waals surface area contributed by atoms with Crippen LogP contribution in [0.25, 0.3) is 0 Å². The number of carbonyl (C=O) groups excluding carboxylic acids is 2. The summed E-state index contributed by atoms with van der Waals surface area (Å²) in [6, 6.07) is 7.25. The quantitative estimate of drug-likeness (QED) is 0.875. The lowest BCUT2D eigenvalue weighted by molar-refractivity contribution is -0.130. The fourth-order valence-corrected chi connectivity index (χ4v) is 2.03. The van der Waals surface area contributed by atoms with E-state index in [9.17, 15) is 9.59 Å². The summed E-state index contributed by atoms with van der Waals surface area (Å²) in [5, 5.41) is 3.41. The van der Waals surface area contributed by atoms with Crippen molar-refractivity contribution in [3.8, 4) is 0 Å². The molecule has 4 nitrogen and oxygen atoms in total. The number of nitrogens with one attached hydrogen (secondary N) is 1. The van der Waals surface area contributed by atoms with Crippen LogP contribution in [0.4, 0.5) is 0 Å². The Morgan fingerprint density at radius 2 is 2.00 bits per heavy atom. The summed E-state index contributed by atoms with van der Waals surface area (Å²) in [5.41, 5.74) is 0.938. The first kappa shape index (κ1) is 12.9. The van der Waals surface area contributed by atoms with Gasteiger partial charge in [0.15, 0.2) is 0 Å². The highest BCUT2D eigenvalue weighted by atomic mass is 35.5. The van der Waals surface area contributed by atoms with Gasteiger partial charge in [0.25, 0.3) is 0 Å². The first-order valence-corrected chi connectivity index (χ1v) is 6.32. The third-order valence-corrected chi connectivity index (χ3v) is 3.19. The highest BCUT2D eigenvalue weighted by Gasteiger charge is 2.18. The Kier molecular flexibility index (Phi) is 4.20. The summed E-state index contributed by atoms with van der Waals surface area (Å²) in [5.74, 6) is 0.0608. The van der Waals surface area contributed by atoms with Crippen LogP contribution in [-0.2, 0) is 16.0 Å². The van der Waals surface area contributed by atoms with Gasteiger partial charge in [0.05, 0.1) is 6.42 Å². The van der Waals surface area contributed by atoms with Crippen LogP contribution in [-0.4, -0.2) is 36.3 Å². The predicted molar refractivity (Wildman–Crippen MR) is 69.4 cm³/mol. The van der Waals surface area contributed by atoms with E-state index in [-0.39, 0.29) is 11.8 Å². The second-order valence-electron chi connectivity index (χ2n) is 4.28. The van der Waals surface area contributed by atoms with Gasteiger partial charge >= 0.3 is 0 Å². The van der Waals surface area contributed by atoms with Crippen molar-refractivity contribution in [1.82, 2.24) is 10.2 Å². The molecule has 0 atom stereocenters. The molecule has 1 aliphatic rings. The molecule has 0 aromatic heterocycles. The molecule has 0 spiro atoms. The number of benzene rings is 1. The molecule has 2 amide bonds. The Hall–Kier alpha value is -1.55. The van der Waals surface area contributed by atoms with Gasteiger partial charge in [0.1, 0.15) is 0 Å². The van der Waals surface area contributed by atoms with E-state index >= 15 is 0 Å². The lowest BCUT2D eigenvalue weighted by Gasteiger charge is -2.19. The first-order chi connectivity index (χ1) is 8.65. The zero-order valence-electron chi connectivity index (χ0n) is 9.99. The molecule has 0 aliphatic carbocycles. The van der Waals surface area contributed by atoms with Crippen LogP contribution in [0.5, 0.6) is 0 Å². The second-order valence-corrected chi connectivity index (χ2v) is 4.72. The van der Waals surface area contributed by atoms with Crippen LogP contribution in [0.1, 0.15) is 12.0 Å². The second kappa shape index (κ2) is 5.87. The lowest BCUT2D eigenvalue weighted by atomic mass is 10.1. The van der Waals surface area contributed by atoms with Crippen molar-refractivity contribution in [2.75, 3.05) is 19.6 Å². The largest absolute Gasteiger partial charge is 0.354 e. The van der Waals surface area contributed by atoms with E-state index in [1.165, 1.54) is 0 Å². The van der Waals surface area contributed by atoms with Gasteiger partial charge in [0.2, 0.25) is 11.8 Å². The van der Waals surface area contributed by atoms with E-state index in [1.54, 1.807) is 17.0 Å². The summed E-state index contributed by atoms with van der Waals surface area (Å²) in [7, 11) is 0. The van der Waals surface area contributed by atoms with Crippen molar-refractivity contribution in [2.24, 2.45) is 0 Å². The van der Waals surface area contributed by atoms with Crippen molar-refractivity contribution in [1.29, 1.82) is 0 Å². The van der Waals surface area contributed by atoms with E-state index in [4.69, 9.17) is 11.6 Å². The molecule has 0 radical (unpaired) electrons. The Balaban J connectivity index is 1.94. The van der Waals surface area contributed by atoms with Crippen molar-refractivity contribution in [3.05, 3.63) is 34.9 Å². The van der Waals surface area contributed by atoms with Gasteiger partial charge in [-0.05, 0) is 17.7 Å². The molecule has 0 bridgehead atoms. The first-order valence-electron chi connectivity index (χ1n) is 5.94. The number of carbonyl (C=O) groups is 2. The highest BCUT2D eigenvalue weighted by Crippen LogP contribution is 2.11. The lowest BCUT2D eigenvalue weighted by Crippen LogP contribution is -2.35. The molecule has 1 N–H and O–H groups in total. The van der Waals surface area contributed by atoms with E-state index in [1.807, 2.05) is 12.1 Å². The zero-order valence-corrected chi connectivity index (χ0v) is 10.7. The molecule has 5 heteroatoms. The fraction of sp³-hybridized carbons (Fsp3) is 0.385. The Morgan fingerprint density at radius 3 is 2.72 bits per heavy atom. The molecule has 1 aromatic carbocycles. The molecule has 0 saturated carbocycles. The average molecular weight is 267 g/mol. The van der Waals surface area contributed by atoms with Gasteiger partial charge in [-0.2, -0.15) is 0 Å². The molecule has 1 saturated heterocycles. The minimum atomic E-state index is 0.0109. The number of hydrogen-bond acceptors (Lipinski definition) is 2. The summed E-state index contributed by atoms with van der Waals surface area (Å²) in [6.07, 6.45) is 0.734. The summed E-state index contributed by atoms with van der Waals surface area (Å²) in [4.78, 5) is 25.0. The van der Waals surface area contributed by atoms with E-state index in [2.05, 4.69) is 5.32 Å². The minimum Gasteiger partial charge on any atom is -0.354 e. The molecule has 1 aliphatic heterocycles. The smallest absolute Gasteiger partial charge is 0.227 e. The molecule has 0 unspecified atom stereocenters. The summed E-state index contributed by atoms with van der Waals surface area (Å²) >= 11 is 5.79. The van der Waals surface area contributed by atoms with Crippen LogP contribution in [0, 0.1) is 0 Å². The summed E-state index contributed by atoms with van der Waals surface area (Å²) in [6.45, 7) is 1.61. The van der Waals surface area contributed by atoms with Gasteiger partial charge in [-0.3, -0.25) is 9.59 Å². The van der Waals surface area contributed by atoms with Crippen molar-refractivity contribution in [2.45, 2.75) is 12.8 Å². The molecular weight excluding hydrogens is 252 g/mol. The third-order valence-electron chi connectivity index (χ3n) is 2.93. The number of halogens is 1. The normalized spacial score (nSPS) is 16.1. The third kappa shape index (κ3) is 3.47.